The fourth-order valence-corrected chi connectivity index (χ4v) is 6.65. The van der Waals surface area contributed by atoms with E-state index in [-0.39, 0.29) is 10.8 Å². The van der Waals surface area contributed by atoms with Gasteiger partial charge in [0.1, 0.15) is 0 Å². The molecule has 0 saturated heterocycles. The maximum absolute atomic E-state index is 10.1. The molecule has 4 nitrogen and oxygen atoms in total. The second-order valence-electron chi connectivity index (χ2n) is 13.6. The van der Waals surface area contributed by atoms with Gasteiger partial charge in [-0.05, 0) is 76.8 Å². The lowest BCUT2D eigenvalue weighted by Crippen LogP contribution is -2.39. The van der Waals surface area contributed by atoms with E-state index in [1.807, 2.05) is 12.1 Å². The first kappa shape index (κ1) is 32.2. The van der Waals surface area contributed by atoms with Crippen LogP contribution in [0.4, 0.5) is 0 Å². The van der Waals surface area contributed by atoms with Crippen molar-refractivity contribution < 1.29 is 0 Å². The number of hydrogen-bond acceptors (Lipinski definition) is 3. The fraction of sp³-hybridized carbons (Fsp3) is 0.462. The maximum Gasteiger partial charge on any atom is 0.169 e. The molecule has 0 aliphatic carbocycles. The van der Waals surface area contributed by atoms with Crippen molar-refractivity contribution in [2.45, 2.75) is 112 Å². The summed E-state index contributed by atoms with van der Waals surface area (Å²) in [6.45, 7) is 22.9. The normalized spacial score (nSPS) is 13.4. The van der Waals surface area contributed by atoms with Crippen molar-refractivity contribution in [3.8, 4) is 34.5 Å². The van der Waals surface area contributed by atoms with Gasteiger partial charge in [-0.2, -0.15) is 5.26 Å². The van der Waals surface area contributed by atoms with Crippen molar-refractivity contribution in [3.63, 3.8) is 0 Å². The maximum atomic E-state index is 10.1. The zero-order valence-electron chi connectivity index (χ0n) is 28.0. The Hall–Kier alpha value is -3.71. The number of aryl methyl sites for hydroxylation is 1. The molecule has 1 unspecified atom stereocenters. The Bertz CT molecular complexity index is 1590. The zero-order chi connectivity index (χ0) is 31.5. The fourth-order valence-electron chi connectivity index (χ4n) is 6.65. The third kappa shape index (κ3) is 5.92. The van der Waals surface area contributed by atoms with Crippen LogP contribution in [0.1, 0.15) is 128 Å². The number of unbranched alkanes of at least 4 members (excludes halogenated alkanes) is 1. The molecule has 4 aromatic rings. The van der Waals surface area contributed by atoms with Crippen LogP contribution < -0.4 is 0 Å². The van der Waals surface area contributed by atoms with Gasteiger partial charge in [0.05, 0.1) is 17.3 Å². The molecule has 1 atom stereocenters. The van der Waals surface area contributed by atoms with Gasteiger partial charge in [0.15, 0.2) is 11.6 Å². The standard InChI is InChI=1S/C39H50N4/c1-11-13-23-38(8,9)39(10,12-2)34-22-21-29(25-40)24-33(34)37-42-41-36(32-18-15-14-17-28(32)7)43(37)35-30(26(3)4)19-16-20-31(35)27(5)6/h14-22,24,26-27H,11-13,23H2,1-10H3. The van der Waals surface area contributed by atoms with E-state index >= 15 is 0 Å². The molecule has 4 heteroatoms. The Morgan fingerprint density at radius 1 is 0.814 bits per heavy atom. The van der Waals surface area contributed by atoms with Crippen molar-refractivity contribution in [3.05, 3.63) is 88.5 Å². The number of benzene rings is 3. The van der Waals surface area contributed by atoms with Crippen LogP contribution in [0.5, 0.6) is 0 Å². The Morgan fingerprint density at radius 3 is 1.95 bits per heavy atom. The summed E-state index contributed by atoms with van der Waals surface area (Å²) in [5.41, 5.74) is 8.64. The molecule has 43 heavy (non-hydrogen) atoms. The van der Waals surface area contributed by atoms with E-state index in [9.17, 15) is 5.26 Å². The number of hydrogen-bond donors (Lipinski definition) is 0. The molecule has 4 rings (SSSR count). The summed E-state index contributed by atoms with van der Waals surface area (Å²) in [4.78, 5) is 0. The largest absolute Gasteiger partial charge is 0.274 e. The molecule has 3 aromatic carbocycles. The lowest BCUT2D eigenvalue weighted by atomic mass is 9.58. The molecule has 0 radical (unpaired) electrons. The summed E-state index contributed by atoms with van der Waals surface area (Å²) in [6.07, 6.45) is 4.45. The molecule has 0 amide bonds. The minimum Gasteiger partial charge on any atom is -0.274 e. The molecule has 0 N–H and O–H groups in total. The highest BCUT2D eigenvalue weighted by atomic mass is 15.3. The Balaban J connectivity index is 2.19. The molecule has 0 aliphatic heterocycles. The second kappa shape index (κ2) is 12.9. The van der Waals surface area contributed by atoms with Crippen LogP contribution in [-0.2, 0) is 5.41 Å². The second-order valence-corrected chi connectivity index (χ2v) is 13.6. The van der Waals surface area contributed by atoms with Crippen molar-refractivity contribution in [2.24, 2.45) is 5.41 Å². The first-order valence-corrected chi connectivity index (χ1v) is 16.1. The minimum absolute atomic E-state index is 0.0311. The summed E-state index contributed by atoms with van der Waals surface area (Å²) in [7, 11) is 0. The lowest BCUT2D eigenvalue weighted by Gasteiger charge is -2.46. The van der Waals surface area contributed by atoms with Gasteiger partial charge >= 0.3 is 0 Å². The van der Waals surface area contributed by atoms with Gasteiger partial charge in [-0.1, -0.05) is 124 Å². The Labute approximate surface area is 260 Å². The number of rotatable bonds is 11. The van der Waals surface area contributed by atoms with Crippen LogP contribution in [-0.4, -0.2) is 14.8 Å². The Morgan fingerprint density at radius 2 is 1.42 bits per heavy atom. The van der Waals surface area contributed by atoms with Crippen molar-refractivity contribution in [2.75, 3.05) is 0 Å². The number of aromatic nitrogens is 3. The molecule has 0 bridgehead atoms. The highest BCUT2D eigenvalue weighted by Crippen LogP contribution is 2.51. The van der Waals surface area contributed by atoms with Crippen molar-refractivity contribution >= 4 is 0 Å². The van der Waals surface area contributed by atoms with Crippen LogP contribution in [0.15, 0.2) is 60.7 Å². The number of nitriles is 1. The third-order valence-electron chi connectivity index (χ3n) is 9.96. The van der Waals surface area contributed by atoms with Gasteiger partial charge in [-0.25, -0.2) is 0 Å². The van der Waals surface area contributed by atoms with E-state index in [0.29, 0.717) is 17.4 Å². The SMILES string of the molecule is CCCCC(C)(C)C(C)(CC)c1ccc(C#N)cc1-c1nnc(-c2ccccc2C)n1-c1c(C(C)C)cccc1C(C)C. The summed E-state index contributed by atoms with van der Waals surface area (Å²) in [5.74, 6) is 2.23. The number of para-hydroxylation sites is 1. The Kier molecular flexibility index (Phi) is 9.65. The minimum atomic E-state index is -0.149. The summed E-state index contributed by atoms with van der Waals surface area (Å²) < 4.78 is 2.31. The smallest absolute Gasteiger partial charge is 0.169 e. The monoisotopic (exact) mass is 574 g/mol. The van der Waals surface area contributed by atoms with Crippen LogP contribution in [0.2, 0.25) is 0 Å². The summed E-state index contributed by atoms with van der Waals surface area (Å²) >= 11 is 0. The van der Waals surface area contributed by atoms with Gasteiger partial charge in [-0.15, -0.1) is 10.2 Å². The van der Waals surface area contributed by atoms with E-state index in [2.05, 4.69) is 128 Å². The van der Waals surface area contributed by atoms with Gasteiger partial charge in [-0.3, -0.25) is 4.57 Å². The van der Waals surface area contributed by atoms with E-state index in [1.54, 1.807) is 0 Å². The summed E-state index contributed by atoms with van der Waals surface area (Å²) in [5, 5.41) is 20.0. The first-order valence-electron chi connectivity index (χ1n) is 16.1. The van der Waals surface area contributed by atoms with E-state index in [4.69, 9.17) is 10.2 Å². The van der Waals surface area contributed by atoms with E-state index in [1.165, 1.54) is 29.5 Å². The van der Waals surface area contributed by atoms with E-state index < -0.39 is 0 Å². The van der Waals surface area contributed by atoms with Crippen LogP contribution in [0.25, 0.3) is 28.5 Å². The average molecular weight is 575 g/mol. The van der Waals surface area contributed by atoms with Gasteiger partial charge in [0.2, 0.25) is 0 Å². The predicted octanol–water partition coefficient (Wildman–Crippen LogP) is 10.9. The predicted molar refractivity (Wildman–Crippen MR) is 181 cm³/mol. The molecular weight excluding hydrogens is 524 g/mol. The summed E-state index contributed by atoms with van der Waals surface area (Å²) in [6, 6.07) is 23.7. The van der Waals surface area contributed by atoms with Crippen LogP contribution in [0, 0.1) is 23.7 Å². The zero-order valence-corrected chi connectivity index (χ0v) is 28.0. The van der Waals surface area contributed by atoms with E-state index in [0.717, 1.165) is 46.9 Å². The quantitative estimate of drug-likeness (QED) is 0.179. The molecule has 1 heterocycles. The van der Waals surface area contributed by atoms with Gasteiger partial charge in [0.25, 0.3) is 0 Å². The molecule has 0 spiro atoms. The van der Waals surface area contributed by atoms with Crippen LogP contribution >= 0.6 is 0 Å². The number of nitrogens with zero attached hydrogens (tertiary/aromatic N) is 4. The lowest BCUT2D eigenvalue weighted by molar-refractivity contribution is 0.152. The highest BCUT2D eigenvalue weighted by molar-refractivity contribution is 5.74. The molecule has 0 aliphatic rings. The molecule has 1 aromatic heterocycles. The van der Waals surface area contributed by atoms with Crippen molar-refractivity contribution in [1.82, 2.24) is 14.8 Å². The molecule has 0 fully saturated rings. The first-order chi connectivity index (χ1) is 20.4. The van der Waals surface area contributed by atoms with Crippen LogP contribution in [0.3, 0.4) is 0 Å². The topological polar surface area (TPSA) is 54.5 Å². The van der Waals surface area contributed by atoms with Crippen molar-refractivity contribution in [1.29, 1.82) is 5.26 Å². The molecule has 0 saturated carbocycles. The molecular formula is C39H50N4. The van der Waals surface area contributed by atoms with Gasteiger partial charge < -0.3 is 0 Å². The average Bonchev–Trinajstić information content (AvgIpc) is 3.43. The highest BCUT2D eigenvalue weighted by Gasteiger charge is 2.42. The molecule has 226 valence electrons. The van der Waals surface area contributed by atoms with Gasteiger partial charge in [0, 0.05) is 11.1 Å². The third-order valence-corrected chi connectivity index (χ3v) is 9.96.